The molecule has 2 aromatic rings. The van der Waals surface area contributed by atoms with Gasteiger partial charge in [-0.05, 0) is 82.1 Å². The summed E-state index contributed by atoms with van der Waals surface area (Å²) in [6.45, 7) is 13.2. The third-order valence-corrected chi connectivity index (χ3v) is 6.68. The maximum atomic E-state index is 11.3. The molecule has 0 saturated heterocycles. The van der Waals surface area contributed by atoms with Gasteiger partial charge in [0.1, 0.15) is 11.5 Å². The van der Waals surface area contributed by atoms with Gasteiger partial charge < -0.3 is 19.0 Å². The van der Waals surface area contributed by atoms with E-state index in [9.17, 15) is 9.90 Å². The van der Waals surface area contributed by atoms with Gasteiger partial charge in [-0.3, -0.25) is 0 Å². The zero-order valence-electron chi connectivity index (χ0n) is 20.9. The molecule has 6 nitrogen and oxygen atoms in total. The first kappa shape index (κ1) is 25.4. The summed E-state index contributed by atoms with van der Waals surface area (Å²) in [6.07, 6.45) is 4.32. The minimum atomic E-state index is -1.14. The molecule has 1 aromatic heterocycles. The van der Waals surface area contributed by atoms with E-state index >= 15 is 0 Å². The average Bonchev–Trinajstić information content (AvgIpc) is 3.19. The second-order valence-electron chi connectivity index (χ2n) is 10.3. The van der Waals surface area contributed by atoms with E-state index in [1.54, 1.807) is 13.8 Å². The lowest BCUT2D eigenvalue weighted by atomic mass is 9.82. The van der Waals surface area contributed by atoms with Crippen molar-refractivity contribution in [1.29, 1.82) is 0 Å². The van der Waals surface area contributed by atoms with Crippen molar-refractivity contribution in [1.82, 2.24) is 4.98 Å². The Balaban J connectivity index is 1.56. The highest BCUT2D eigenvalue weighted by atomic mass is 16.5. The molecule has 1 heterocycles. The Morgan fingerprint density at radius 1 is 1.18 bits per heavy atom. The summed E-state index contributed by atoms with van der Waals surface area (Å²) in [7, 11) is 0. The Bertz CT molecular complexity index is 946. The number of hydrogen-bond donors (Lipinski definition) is 1. The zero-order valence-corrected chi connectivity index (χ0v) is 20.9. The molecular weight excluding hydrogens is 418 g/mol. The largest absolute Gasteiger partial charge is 0.479 e. The van der Waals surface area contributed by atoms with Gasteiger partial charge in [-0.1, -0.05) is 26.3 Å². The van der Waals surface area contributed by atoms with Gasteiger partial charge in [-0.15, -0.1) is 0 Å². The number of hydrogen-bond acceptors (Lipinski definition) is 5. The second kappa shape index (κ2) is 10.8. The molecule has 1 unspecified atom stereocenters. The summed E-state index contributed by atoms with van der Waals surface area (Å²) < 4.78 is 18.0. The number of ether oxygens (including phenoxy) is 2. The summed E-state index contributed by atoms with van der Waals surface area (Å²) in [5.41, 5.74) is 3.19. The first-order valence-corrected chi connectivity index (χ1v) is 12.1. The van der Waals surface area contributed by atoms with E-state index in [-0.39, 0.29) is 5.92 Å². The summed E-state index contributed by atoms with van der Waals surface area (Å²) >= 11 is 0. The number of benzene rings is 1. The quantitative estimate of drug-likeness (QED) is 0.452. The molecule has 0 amide bonds. The molecular formula is C27H39NO5. The number of aryl methyl sites for hydroxylation is 2. The van der Waals surface area contributed by atoms with Crippen LogP contribution in [0.4, 0.5) is 0 Å². The Morgan fingerprint density at radius 2 is 1.88 bits per heavy atom. The maximum Gasteiger partial charge on any atom is 0.335 e. The number of aromatic nitrogens is 1. The average molecular weight is 458 g/mol. The molecule has 0 spiro atoms. The number of oxazole rings is 1. The van der Waals surface area contributed by atoms with Crippen molar-refractivity contribution in [2.24, 2.45) is 11.8 Å². The van der Waals surface area contributed by atoms with Crippen molar-refractivity contribution < 1.29 is 23.8 Å². The highest BCUT2D eigenvalue weighted by Crippen LogP contribution is 2.32. The monoisotopic (exact) mass is 457 g/mol. The summed E-state index contributed by atoms with van der Waals surface area (Å²) in [4.78, 5) is 16.1. The molecule has 1 N–H and O–H groups in total. The van der Waals surface area contributed by atoms with Gasteiger partial charge >= 0.3 is 5.97 Å². The molecule has 1 aliphatic rings. The van der Waals surface area contributed by atoms with Crippen LogP contribution in [0.3, 0.4) is 0 Å². The van der Waals surface area contributed by atoms with Gasteiger partial charge in [0.25, 0.3) is 0 Å². The third kappa shape index (κ3) is 6.67. The van der Waals surface area contributed by atoms with Crippen molar-refractivity contribution in [2.45, 2.75) is 85.4 Å². The second-order valence-corrected chi connectivity index (χ2v) is 10.3. The summed E-state index contributed by atoms with van der Waals surface area (Å²) in [5.74, 6) is 1.66. The van der Waals surface area contributed by atoms with Crippen molar-refractivity contribution in [3.63, 3.8) is 0 Å². The first-order chi connectivity index (χ1) is 15.6. The Hall–Kier alpha value is -2.18. The fourth-order valence-electron chi connectivity index (χ4n) is 4.33. The highest BCUT2D eigenvalue weighted by molar-refractivity contribution is 5.76. The van der Waals surface area contributed by atoms with Crippen LogP contribution in [0.15, 0.2) is 22.6 Å². The van der Waals surface area contributed by atoms with Crippen LogP contribution in [0.1, 0.15) is 81.9 Å². The zero-order chi connectivity index (χ0) is 24.2. The molecule has 1 aliphatic carbocycles. The number of carbonyl (C=O) groups is 1. The first-order valence-electron chi connectivity index (χ1n) is 12.1. The van der Waals surface area contributed by atoms with Gasteiger partial charge in [0, 0.05) is 18.1 Å². The predicted molar refractivity (Wildman–Crippen MR) is 128 cm³/mol. The molecule has 33 heavy (non-hydrogen) atoms. The van der Waals surface area contributed by atoms with E-state index in [4.69, 9.17) is 18.9 Å². The predicted octanol–water partition coefficient (Wildman–Crippen LogP) is 6.28. The van der Waals surface area contributed by atoms with Gasteiger partial charge in [0.15, 0.2) is 5.60 Å². The van der Waals surface area contributed by atoms with Crippen LogP contribution < -0.4 is 0 Å². The molecule has 1 aromatic carbocycles. The van der Waals surface area contributed by atoms with Crippen molar-refractivity contribution in [3.05, 3.63) is 40.8 Å². The normalized spacial score (nSPS) is 19.2. The van der Waals surface area contributed by atoms with Crippen LogP contribution >= 0.6 is 0 Å². The fraction of sp³-hybridized carbons (Fsp3) is 0.630. The van der Waals surface area contributed by atoms with Crippen molar-refractivity contribution in [3.8, 4) is 11.5 Å². The standard InChI is InChI=1S/C27H39NO5/c1-17(2)24-23(28-25(33-24)22-11-10-18(3)19(4)12-22)16-31-14-20-8-7-9-21(13-20)15-32-27(5,6)26(29)30/h10-12,17,20-21H,7-9,13-16H2,1-6H3,(H,29,30)/t20-,21?/m1/s1. The lowest BCUT2D eigenvalue weighted by Crippen LogP contribution is -2.37. The third-order valence-electron chi connectivity index (χ3n) is 6.68. The van der Waals surface area contributed by atoms with Gasteiger partial charge in [-0.2, -0.15) is 0 Å². The van der Waals surface area contributed by atoms with Crippen LogP contribution in [0.5, 0.6) is 0 Å². The Labute approximate surface area is 197 Å². The van der Waals surface area contributed by atoms with Gasteiger partial charge in [0.2, 0.25) is 5.89 Å². The van der Waals surface area contributed by atoms with Crippen LogP contribution in [0, 0.1) is 25.7 Å². The Kier molecular flexibility index (Phi) is 8.35. The molecule has 0 aliphatic heterocycles. The van der Waals surface area contributed by atoms with E-state index < -0.39 is 11.6 Å². The van der Waals surface area contributed by atoms with Gasteiger partial charge in [-0.25, -0.2) is 9.78 Å². The topological polar surface area (TPSA) is 81.8 Å². The molecule has 182 valence electrons. The summed E-state index contributed by atoms with van der Waals surface area (Å²) in [5, 5.41) is 9.25. The van der Waals surface area contributed by atoms with E-state index in [1.165, 1.54) is 11.1 Å². The molecule has 1 fully saturated rings. The minimum Gasteiger partial charge on any atom is -0.479 e. The van der Waals surface area contributed by atoms with E-state index in [1.807, 2.05) is 0 Å². The molecule has 6 heteroatoms. The van der Waals surface area contributed by atoms with E-state index in [2.05, 4.69) is 45.9 Å². The molecule has 1 saturated carbocycles. The van der Waals surface area contributed by atoms with Crippen molar-refractivity contribution in [2.75, 3.05) is 13.2 Å². The molecule has 0 radical (unpaired) electrons. The molecule has 0 bridgehead atoms. The number of aliphatic carboxylic acids is 1. The summed E-state index contributed by atoms with van der Waals surface area (Å²) in [6, 6.07) is 6.27. The molecule has 2 atom stereocenters. The number of carboxylic acid groups (broad SMARTS) is 1. The lowest BCUT2D eigenvalue weighted by Gasteiger charge is -2.31. The maximum absolute atomic E-state index is 11.3. The Morgan fingerprint density at radius 3 is 2.52 bits per heavy atom. The fourth-order valence-corrected chi connectivity index (χ4v) is 4.33. The lowest BCUT2D eigenvalue weighted by molar-refractivity contribution is -0.163. The van der Waals surface area contributed by atoms with Crippen LogP contribution in [-0.2, 0) is 20.9 Å². The smallest absolute Gasteiger partial charge is 0.335 e. The van der Waals surface area contributed by atoms with Crippen LogP contribution in [0.2, 0.25) is 0 Å². The van der Waals surface area contributed by atoms with E-state index in [0.717, 1.165) is 42.7 Å². The van der Waals surface area contributed by atoms with E-state index in [0.29, 0.717) is 37.5 Å². The SMILES string of the molecule is Cc1ccc(-c2nc(COC[C@@H]3CCCC(COC(C)(C)C(=O)O)C3)c(C(C)C)o2)cc1C. The number of nitrogens with zero attached hydrogens (tertiary/aromatic N) is 1. The molecule has 3 rings (SSSR count). The highest BCUT2D eigenvalue weighted by Gasteiger charge is 2.31. The minimum absolute atomic E-state index is 0.227. The van der Waals surface area contributed by atoms with Crippen molar-refractivity contribution >= 4 is 5.97 Å². The number of rotatable bonds is 10. The van der Waals surface area contributed by atoms with Gasteiger partial charge in [0.05, 0.1) is 13.2 Å². The number of carboxylic acids is 1. The van der Waals surface area contributed by atoms with Crippen LogP contribution in [0.25, 0.3) is 11.5 Å². The van der Waals surface area contributed by atoms with Crippen LogP contribution in [-0.4, -0.2) is 34.9 Å².